The molecule has 1 amide bonds. The number of amides is 1. The number of benzene rings is 1. The van der Waals surface area contributed by atoms with E-state index in [-0.39, 0.29) is 11.7 Å². The Morgan fingerprint density at radius 2 is 2.06 bits per heavy atom. The third-order valence-electron chi connectivity index (χ3n) is 2.72. The quantitative estimate of drug-likeness (QED) is 0.849. The Bertz CT molecular complexity index is 593. The first kappa shape index (κ1) is 12.1. The second kappa shape index (κ2) is 4.87. The van der Waals surface area contributed by atoms with Crippen molar-refractivity contribution in [2.75, 3.05) is 11.1 Å². The van der Waals surface area contributed by atoms with E-state index in [1.165, 1.54) is 0 Å². The third-order valence-corrected chi connectivity index (χ3v) is 2.72. The maximum Gasteiger partial charge on any atom is 0.259 e. The summed E-state index contributed by atoms with van der Waals surface area (Å²) in [7, 11) is 0. The van der Waals surface area contributed by atoms with Crippen molar-refractivity contribution >= 4 is 17.4 Å². The van der Waals surface area contributed by atoms with Gasteiger partial charge in [0.05, 0.1) is 5.56 Å². The van der Waals surface area contributed by atoms with E-state index < -0.39 is 0 Å². The SMILES string of the molecule is Cc1ccc(C)c(NC(=O)c2cccnc2N)c1. The maximum atomic E-state index is 12.1. The van der Waals surface area contributed by atoms with Crippen LogP contribution in [0.25, 0.3) is 0 Å². The van der Waals surface area contributed by atoms with Gasteiger partial charge in [0, 0.05) is 11.9 Å². The molecular formula is C14H15N3O. The molecule has 92 valence electrons. The summed E-state index contributed by atoms with van der Waals surface area (Å²) in [4.78, 5) is 16.0. The third kappa shape index (κ3) is 2.48. The molecule has 4 nitrogen and oxygen atoms in total. The lowest BCUT2D eigenvalue weighted by molar-refractivity contribution is 0.102. The van der Waals surface area contributed by atoms with E-state index in [1.54, 1.807) is 18.3 Å². The van der Waals surface area contributed by atoms with Crippen molar-refractivity contribution in [3.63, 3.8) is 0 Å². The van der Waals surface area contributed by atoms with Crippen molar-refractivity contribution in [1.82, 2.24) is 4.98 Å². The second-order valence-corrected chi connectivity index (χ2v) is 4.21. The molecule has 0 spiro atoms. The van der Waals surface area contributed by atoms with Gasteiger partial charge in [-0.3, -0.25) is 4.79 Å². The van der Waals surface area contributed by atoms with Crippen LogP contribution in [0.3, 0.4) is 0 Å². The lowest BCUT2D eigenvalue weighted by atomic mass is 10.1. The average molecular weight is 241 g/mol. The number of aryl methyl sites for hydroxylation is 2. The summed E-state index contributed by atoms with van der Waals surface area (Å²) < 4.78 is 0. The van der Waals surface area contributed by atoms with Gasteiger partial charge in [0.15, 0.2) is 0 Å². The molecule has 1 aromatic heterocycles. The number of hydrogen-bond acceptors (Lipinski definition) is 3. The van der Waals surface area contributed by atoms with Crippen molar-refractivity contribution in [2.24, 2.45) is 0 Å². The lowest BCUT2D eigenvalue weighted by Gasteiger charge is -2.10. The van der Waals surface area contributed by atoms with E-state index in [0.29, 0.717) is 5.56 Å². The summed E-state index contributed by atoms with van der Waals surface area (Å²) in [6.45, 7) is 3.93. The standard InChI is InChI=1S/C14H15N3O/c1-9-5-6-10(2)12(8-9)17-14(18)11-4-3-7-16-13(11)15/h3-8H,1-2H3,(H2,15,16)(H,17,18). The highest BCUT2D eigenvalue weighted by Gasteiger charge is 2.11. The fourth-order valence-electron chi connectivity index (χ4n) is 1.67. The Morgan fingerprint density at radius 3 is 2.78 bits per heavy atom. The molecule has 1 heterocycles. The summed E-state index contributed by atoms with van der Waals surface area (Å²) in [6, 6.07) is 9.25. The van der Waals surface area contributed by atoms with Gasteiger partial charge in [-0.05, 0) is 43.2 Å². The van der Waals surface area contributed by atoms with Crippen LogP contribution in [0.4, 0.5) is 11.5 Å². The van der Waals surface area contributed by atoms with Crippen LogP contribution in [0.1, 0.15) is 21.5 Å². The van der Waals surface area contributed by atoms with Gasteiger partial charge in [0.25, 0.3) is 5.91 Å². The average Bonchev–Trinajstić information content (AvgIpc) is 2.34. The normalized spacial score (nSPS) is 10.1. The Balaban J connectivity index is 2.27. The number of nitrogens with zero attached hydrogens (tertiary/aromatic N) is 1. The molecule has 0 aliphatic rings. The molecule has 2 rings (SSSR count). The molecule has 0 aliphatic heterocycles. The molecular weight excluding hydrogens is 226 g/mol. The van der Waals surface area contributed by atoms with Gasteiger partial charge in [-0.1, -0.05) is 12.1 Å². The van der Waals surface area contributed by atoms with Gasteiger partial charge in [-0.2, -0.15) is 0 Å². The highest BCUT2D eigenvalue weighted by atomic mass is 16.1. The molecule has 0 bridgehead atoms. The number of rotatable bonds is 2. The Hall–Kier alpha value is -2.36. The Labute approximate surface area is 106 Å². The fraction of sp³-hybridized carbons (Fsp3) is 0.143. The van der Waals surface area contributed by atoms with Crippen LogP contribution in [0.15, 0.2) is 36.5 Å². The molecule has 1 aromatic carbocycles. The summed E-state index contributed by atoms with van der Waals surface area (Å²) in [6.07, 6.45) is 1.56. The van der Waals surface area contributed by atoms with E-state index in [1.807, 2.05) is 32.0 Å². The number of carbonyl (C=O) groups excluding carboxylic acids is 1. The highest BCUT2D eigenvalue weighted by Crippen LogP contribution is 2.18. The number of nitrogens with two attached hydrogens (primary N) is 1. The zero-order valence-electron chi connectivity index (χ0n) is 10.4. The summed E-state index contributed by atoms with van der Waals surface area (Å²) in [5.41, 5.74) is 8.96. The molecule has 0 saturated carbocycles. The smallest absolute Gasteiger partial charge is 0.259 e. The van der Waals surface area contributed by atoms with Gasteiger partial charge < -0.3 is 11.1 Å². The largest absolute Gasteiger partial charge is 0.383 e. The molecule has 0 radical (unpaired) electrons. The predicted octanol–water partition coefficient (Wildman–Crippen LogP) is 2.53. The van der Waals surface area contributed by atoms with E-state index >= 15 is 0 Å². The molecule has 4 heteroatoms. The number of anilines is 2. The number of nitrogens with one attached hydrogen (secondary N) is 1. The number of hydrogen-bond donors (Lipinski definition) is 2. The van der Waals surface area contributed by atoms with Crippen LogP contribution in [-0.2, 0) is 0 Å². The lowest BCUT2D eigenvalue weighted by Crippen LogP contribution is -2.15. The first-order valence-corrected chi connectivity index (χ1v) is 5.67. The number of pyridine rings is 1. The topological polar surface area (TPSA) is 68.0 Å². The Morgan fingerprint density at radius 1 is 1.28 bits per heavy atom. The summed E-state index contributed by atoms with van der Waals surface area (Å²) in [5, 5.41) is 2.85. The Kier molecular flexibility index (Phi) is 3.28. The van der Waals surface area contributed by atoms with Crippen LogP contribution in [-0.4, -0.2) is 10.9 Å². The van der Waals surface area contributed by atoms with Crippen molar-refractivity contribution in [1.29, 1.82) is 0 Å². The zero-order chi connectivity index (χ0) is 13.1. The molecule has 18 heavy (non-hydrogen) atoms. The highest BCUT2D eigenvalue weighted by molar-refractivity contribution is 6.07. The summed E-state index contributed by atoms with van der Waals surface area (Å²) >= 11 is 0. The number of aromatic nitrogens is 1. The minimum atomic E-state index is -0.241. The molecule has 0 saturated heterocycles. The minimum Gasteiger partial charge on any atom is -0.383 e. The van der Waals surface area contributed by atoms with Crippen molar-refractivity contribution < 1.29 is 4.79 Å². The van der Waals surface area contributed by atoms with Gasteiger partial charge in [0.2, 0.25) is 0 Å². The van der Waals surface area contributed by atoms with E-state index in [2.05, 4.69) is 10.3 Å². The van der Waals surface area contributed by atoms with E-state index in [9.17, 15) is 4.79 Å². The van der Waals surface area contributed by atoms with Gasteiger partial charge in [0.1, 0.15) is 5.82 Å². The van der Waals surface area contributed by atoms with Crippen molar-refractivity contribution in [3.8, 4) is 0 Å². The van der Waals surface area contributed by atoms with Crippen LogP contribution in [0.5, 0.6) is 0 Å². The predicted molar refractivity (Wildman–Crippen MR) is 72.5 cm³/mol. The van der Waals surface area contributed by atoms with E-state index in [4.69, 9.17) is 5.73 Å². The number of nitrogen functional groups attached to an aromatic ring is 1. The first-order valence-electron chi connectivity index (χ1n) is 5.67. The molecule has 2 aromatic rings. The molecule has 3 N–H and O–H groups in total. The minimum absolute atomic E-state index is 0.236. The molecule has 0 aliphatic carbocycles. The first-order chi connectivity index (χ1) is 8.58. The van der Waals surface area contributed by atoms with E-state index in [0.717, 1.165) is 16.8 Å². The fourth-order valence-corrected chi connectivity index (χ4v) is 1.67. The van der Waals surface area contributed by atoms with Gasteiger partial charge in [-0.15, -0.1) is 0 Å². The monoisotopic (exact) mass is 241 g/mol. The molecule has 0 fully saturated rings. The van der Waals surface area contributed by atoms with Gasteiger partial charge >= 0.3 is 0 Å². The van der Waals surface area contributed by atoms with Crippen LogP contribution in [0, 0.1) is 13.8 Å². The molecule has 0 unspecified atom stereocenters. The van der Waals surface area contributed by atoms with Gasteiger partial charge in [-0.25, -0.2) is 4.98 Å². The molecule has 0 atom stereocenters. The van der Waals surface area contributed by atoms with Crippen LogP contribution >= 0.6 is 0 Å². The second-order valence-electron chi connectivity index (χ2n) is 4.21. The van der Waals surface area contributed by atoms with Crippen molar-refractivity contribution in [2.45, 2.75) is 13.8 Å². The maximum absolute atomic E-state index is 12.1. The van der Waals surface area contributed by atoms with Crippen LogP contribution < -0.4 is 11.1 Å². The summed E-state index contributed by atoms with van der Waals surface area (Å²) in [5.74, 6) is -0.00499. The number of carbonyl (C=O) groups is 1. The zero-order valence-corrected chi connectivity index (χ0v) is 10.4. The van der Waals surface area contributed by atoms with Crippen molar-refractivity contribution in [3.05, 3.63) is 53.2 Å². The van der Waals surface area contributed by atoms with Crippen LogP contribution in [0.2, 0.25) is 0 Å².